The lowest BCUT2D eigenvalue weighted by molar-refractivity contribution is -0.0835. The van der Waals surface area contributed by atoms with Gasteiger partial charge in [0.15, 0.2) is 17.0 Å². The van der Waals surface area contributed by atoms with Gasteiger partial charge in [-0.25, -0.2) is 24.1 Å². The van der Waals surface area contributed by atoms with E-state index < -0.39 is 63.0 Å². The molecule has 6 heterocycles. The van der Waals surface area contributed by atoms with Crippen molar-refractivity contribution >= 4 is 72.4 Å². The Bertz CT molecular complexity index is 1900. The molecule has 7 atom stereocenters. The molecule has 4 aromatic rings. The van der Waals surface area contributed by atoms with Crippen LogP contribution in [-0.4, -0.2) is 85.9 Å². The van der Waals surface area contributed by atoms with E-state index in [1.807, 2.05) is 0 Å². The number of nitrogens with one attached hydrogen (secondary N) is 1. The van der Waals surface area contributed by atoms with E-state index in [1.165, 1.54) is 12.7 Å². The summed E-state index contributed by atoms with van der Waals surface area (Å²) in [7, 11) is -4.96. The van der Waals surface area contributed by atoms with E-state index in [1.54, 1.807) is 11.5 Å². The van der Waals surface area contributed by atoms with E-state index in [0.717, 1.165) is 11.5 Å². The number of aliphatic hydroxyl groups is 1. The number of hydrogen-bond acceptors (Lipinski definition) is 17. The van der Waals surface area contributed by atoms with Crippen molar-refractivity contribution in [1.82, 2.24) is 33.9 Å². The minimum Gasteiger partial charge on any atom is -0.387 e. The third-order valence-corrected chi connectivity index (χ3v) is 10.2. The first-order valence-electron chi connectivity index (χ1n) is 13.1. The number of thiol groups is 1. The number of nitrogens with zero attached hydrogens (tertiary/aromatic N) is 6. The average Bonchev–Trinajstić information content (AvgIpc) is 3.72. The zero-order valence-corrected chi connectivity index (χ0v) is 26.6. The quantitative estimate of drug-likeness (QED) is 0.0885. The van der Waals surface area contributed by atoms with Gasteiger partial charge in [-0.2, -0.15) is 9.36 Å². The average molecular weight is 708 g/mol. The molecule has 2 saturated heterocycles. The van der Waals surface area contributed by atoms with Gasteiger partial charge >= 0.3 is 14.6 Å². The molecule has 0 amide bonds. The number of aromatic nitrogens is 7. The Kier molecular flexibility index (Phi) is 8.55. The van der Waals surface area contributed by atoms with Gasteiger partial charge in [0.25, 0.3) is 5.56 Å². The summed E-state index contributed by atoms with van der Waals surface area (Å²) in [4.78, 5) is 49.6. The van der Waals surface area contributed by atoms with Crippen LogP contribution in [-0.2, 0) is 32.2 Å². The van der Waals surface area contributed by atoms with Crippen LogP contribution in [0.1, 0.15) is 37.0 Å². The second-order valence-electron chi connectivity index (χ2n) is 10.5. The fraction of sp³-hybridized carbons (Fsp3) is 0.524. The van der Waals surface area contributed by atoms with Crippen LogP contribution in [0, 0.1) is 0 Å². The molecule has 20 nitrogen and oxygen atoms in total. The first-order chi connectivity index (χ1) is 21.1. The Hall–Kier alpha value is -2.59. The number of nitrogen functional groups attached to an aromatic ring is 2. The first-order valence-corrected chi connectivity index (χ1v) is 18.1. The van der Waals surface area contributed by atoms with Crippen molar-refractivity contribution in [3.8, 4) is 0 Å². The summed E-state index contributed by atoms with van der Waals surface area (Å²) in [6, 6.07) is 0. The summed E-state index contributed by atoms with van der Waals surface area (Å²) in [6.45, 7) is -3.61. The second kappa shape index (κ2) is 11.9. The third kappa shape index (κ3) is 6.64. The van der Waals surface area contributed by atoms with Crippen molar-refractivity contribution in [3.05, 3.63) is 27.9 Å². The Morgan fingerprint density at radius 1 is 1.22 bits per heavy atom. The molecule has 6 rings (SSSR count). The topological polar surface area (TPSA) is 295 Å². The van der Waals surface area contributed by atoms with Gasteiger partial charge in [-0.1, -0.05) is 12.2 Å². The molecule has 2 aliphatic rings. The smallest absolute Gasteiger partial charge is 0.387 e. The van der Waals surface area contributed by atoms with E-state index in [0.29, 0.717) is 17.7 Å². The number of hydrogen-bond donors (Lipinski definition) is 7. The highest BCUT2D eigenvalue weighted by molar-refractivity contribution is 8.44. The van der Waals surface area contributed by atoms with Crippen LogP contribution < -0.4 is 17.0 Å². The summed E-state index contributed by atoms with van der Waals surface area (Å²) >= 11 is 4.99. The Labute approximate surface area is 261 Å². The fourth-order valence-corrected chi connectivity index (χ4v) is 7.92. The molecule has 0 saturated carbocycles. The molecule has 0 bridgehead atoms. The third-order valence-electron chi connectivity index (χ3n) is 7.21. The van der Waals surface area contributed by atoms with Crippen molar-refractivity contribution in [2.45, 2.75) is 56.0 Å². The number of phosphoric acid groups is 1. The summed E-state index contributed by atoms with van der Waals surface area (Å²) in [5.74, 6) is 0.00910. The van der Waals surface area contributed by atoms with Crippen molar-refractivity contribution in [1.29, 1.82) is 0 Å². The Balaban J connectivity index is 1.16. The zero-order chi connectivity index (χ0) is 32.3. The molecule has 0 aromatic carbocycles. The lowest BCUT2D eigenvalue weighted by Gasteiger charge is -2.28. The van der Waals surface area contributed by atoms with E-state index in [4.69, 9.17) is 30.0 Å². The van der Waals surface area contributed by atoms with Gasteiger partial charge in [-0.05, 0) is 31.3 Å². The number of rotatable bonds is 10. The van der Waals surface area contributed by atoms with Crippen LogP contribution in [0.3, 0.4) is 0 Å². The van der Waals surface area contributed by atoms with Crippen LogP contribution in [0.5, 0.6) is 0 Å². The minimum absolute atomic E-state index is 0.0843. The lowest BCUT2D eigenvalue weighted by Crippen LogP contribution is -2.36. The van der Waals surface area contributed by atoms with Crippen LogP contribution in [0.2, 0.25) is 0 Å². The highest BCUT2D eigenvalue weighted by atomic mass is 32.7. The van der Waals surface area contributed by atoms with Gasteiger partial charge in [-0.3, -0.25) is 27.9 Å². The van der Waals surface area contributed by atoms with Gasteiger partial charge < -0.3 is 35.8 Å². The maximum atomic E-state index is 13.5. The van der Waals surface area contributed by atoms with E-state index in [-0.39, 0.29) is 40.6 Å². The minimum atomic E-state index is -4.96. The van der Waals surface area contributed by atoms with Crippen molar-refractivity contribution in [3.63, 3.8) is 0 Å². The largest absolute Gasteiger partial charge is 0.469 e. The highest BCUT2D eigenvalue weighted by Crippen LogP contribution is 2.58. The SMILES string of the molecule is C[C@@]1(COP(=O)(S)O[C@H]2[C@@H](O)[C@H](c3snc4c(N)ncnc34)O[C@@H]2COP(=O)(O)O)CC[C@H](n2cnc3c(=O)[nH]c(N)nc32)O1. The van der Waals surface area contributed by atoms with Crippen LogP contribution >= 0.6 is 38.4 Å². The molecule has 24 heteroatoms. The Morgan fingerprint density at radius 3 is 2.76 bits per heavy atom. The predicted molar refractivity (Wildman–Crippen MR) is 159 cm³/mol. The normalized spacial score (nSPS) is 28.7. The van der Waals surface area contributed by atoms with Gasteiger partial charge in [0.1, 0.15) is 48.0 Å². The molecule has 0 aliphatic carbocycles. The molecular weight excluding hydrogens is 680 g/mol. The lowest BCUT2D eigenvalue weighted by atomic mass is 10.0. The van der Waals surface area contributed by atoms with E-state index in [9.17, 15) is 28.8 Å². The van der Waals surface area contributed by atoms with Gasteiger partial charge in [0.2, 0.25) is 5.95 Å². The zero-order valence-electron chi connectivity index (χ0n) is 23.1. The molecule has 2 fully saturated rings. The summed E-state index contributed by atoms with van der Waals surface area (Å²) < 4.78 is 58.5. The van der Waals surface area contributed by atoms with Gasteiger partial charge in [-0.15, -0.1) is 0 Å². The van der Waals surface area contributed by atoms with E-state index in [2.05, 4.69) is 46.1 Å². The molecule has 0 spiro atoms. The Morgan fingerprint density at radius 2 is 2.00 bits per heavy atom. The fourth-order valence-electron chi connectivity index (χ4n) is 5.11. The number of anilines is 2. The predicted octanol–water partition coefficient (Wildman–Crippen LogP) is 0.801. The standard InChI is InChI=1S/C21H27N9O11P2S2/c1-21(3-2-9(40-21)30-7-26-12-18(30)27-20(23)28-19(12)32)5-38-43(36,44)41-14-8(4-37-42(33,34)35)39-15(13(14)31)16-10-11(29-45-16)17(22)25-6-24-10/h6-9,13-15,31H,2-5H2,1H3,(H,36,44)(H2,22,24,25)(H2,33,34,35)(H3,23,27,28,32)/t8-,9-,13-,14-,15-,21+,43?/m1/s1. The number of phosphoric ester groups is 1. The van der Waals surface area contributed by atoms with Crippen molar-refractivity contribution in [2.24, 2.45) is 0 Å². The molecule has 244 valence electrons. The maximum Gasteiger partial charge on any atom is 0.469 e. The molecule has 4 aromatic heterocycles. The number of H-pyrrole nitrogens is 1. The van der Waals surface area contributed by atoms with Crippen LogP contribution in [0.15, 0.2) is 17.4 Å². The summed E-state index contributed by atoms with van der Waals surface area (Å²) in [6.07, 6.45) is -2.70. The number of aromatic amines is 1. The summed E-state index contributed by atoms with van der Waals surface area (Å²) in [5, 5.41) is 11.2. The second-order valence-corrected chi connectivity index (χ2v) is 15.4. The number of aliphatic hydroxyl groups excluding tert-OH is 1. The molecule has 2 aliphatic heterocycles. The highest BCUT2D eigenvalue weighted by Gasteiger charge is 2.50. The number of fused-ring (bicyclic) bond motifs is 2. The van der Waals surface area contributed by atoms with Crippen LogP contribution in [0.25, 0.3) is 22.2 Å². The molecule has 0 radical (unpaired) electrons. The number of nitrogens with two attached hydrogens (primary N) is 2. The number of ether oxygens (including phenoxy) is 2. The monoisotopic (exact) mass is 707 g/mol. The van der Waals surface area contributed by atoms with Gasteiger partial charge in [0, 0.05) is 0 Å². The number of imidazole rings is 1. The van der Waals surface area contributed by atoms with Crippen molar-refractivity contribution < 1.29 is 47.1 Å². The molecule has 8 N–H and O–H groups in total. The van der Waals surface area contributed by atoms with Gasteiger partial charge in [0.05, 0.1) is 30.0 Å². The van der Waals surface area contributed by atoms with Crippen molar-refractivity contribution in [2.75, 3.05) is 24.7 Å². The maximum absolute atomic E-state index is 13.5. The van der Waals surface area contributed by atoms with Crippen LogP contribution in [0.4, 0.5) is 11.8 Å². The first kappa shape index (κ1) is 32.4. The molecular formula is C21H27N9O11P2S2. The summed E-state index contributed by atoms with van der Waals surface area (Å²) in [5.41, 5.74) is 10.9. The van der Waals surface area contributed by atoms with E-state index >= 15 is 0 Å². The molecule has 1 unspecified atom stereocenters. The molecule has 45 heavy (non-hydrogen) atoms.